The lowest BCUT2D eigenvalue weighted by molar-refractivity contribution is -0.123. The Labute approximate surface area is 159 Å². The van der Waals surface area contributed by atoms with Crippen LogP contribution in [-0.4, -0.2) is 31.2 Å². The highest BCUT2D eigenvalue weighted by Crippen LogP contribution is 2.38. The van der Waals surface area contributed by atoms with Crippen LogP contribution in [0.4, 0.5) is 5.69 Å². The molecule has 8 heteroatoms. The number of nitrogens with one attached hydrogen (secondary N) is 1. The first-order valence-corrected chi connectivity index (χ1v) is 8.57. The number of carbonyl (C=O) groups excluding carboxylic acids is 2. The maximum Gasteiger partial charge on any atom is 0.339 e. The second-order valence-electron chi connectivity index (χ2n) is 5.50. The number of para-hydroxylation sites is 1. The Morgan fingerprint density at radius 1 is 1.12 bits per heavy atom. The van der Waals surface area contributed by atoms with Gasteiger partial charge in [-0.3, -0.25) is 4.79 Å². The van der Waals surface area contributed by atoms with E-state index in [4.69, 9.17) is 37.4 Å². The second-order valence-corrected chi connectivity index (χ2v) is 6.31. The molecular weight excluding hydrogens is 381 g/mol. The molecule has 0 fully saturated rings. The Bertz CT molecular complexity index is 855. The van der Waals surface area contributed by atoms with Gasteiger partial charge in [0.05, 0.1) is 21.3 Å². The topological polar surface area (TPSA) is 73.9 Å². The zero-order valence-corrected chi connectivity index (χ0v) is 15.3. The van der Waals surface area contributed by atoms with Crippen LogP contribution >= 0.6 is 23.2 Å². The predicted molar refractivity (Wildman–Crippen MR) is 97.4 cm³/mol. The Balaban J connectivity index is 1.68. The summed E-state index contributed by atoms with van der Waals surface area (Å²) in [6, 6.07) is 9.65. The quantitative estimate of drug-likeness (QED) is 0.793. The van der Waals surface area contributed by atoms with E-state index in [1.54, 1.807) is 24.3 Å². The van der Waals surface area contributed by atoms with Gasteiger partial charge in [0.25, 0.3) is 5.91 Å². The first kappa shape index (κ1) is 18.4. The fourth-order valence-corrected chi connectivity index (χ4v) is 2.76. The van der Waals surface area contributed by atoms with Gasteiger partial charge in [-0.2, -0.15) is 0 Å². The first-order valence-electron chi connectivity index (χ1n) is 7.81. The molecule has 1 heterocycles. The molecule has 0 aromatic heterocycles. The summed E-state index contributed by atoms with van der Waals surface area (Å²) < 4.78 is 16.0. The van der Waals surface area contributed by atoms with Crippen molar-refractivity contribution in [2.24, 2.45) is 0 Å². The van der Waals surface area contributed by atoms with Crippen LogP contribution in [0, 0.1) is 0 Å². The number of fused-ring (bicyclic) bond motifs is 1. The highest BCUT2D eigenvalue weighted by Gasteiger charge is 2.23. The molecule has 1 atom stereocenters. The van der Waals surface area contributed by atoms with Gasteiger partial charge in [0, 0.05) is 0 Å². The number of amides is 1. The van der Waals surface area contributed by atoms with Crippen LogP contribution < -0.4 is 14.8 Å². The summed E-state index contributed by atoms with van der Waals surface area (Å²) in [4.78, 5) is 24.5. The zero-order chi connectivity index (χ0) is 18.7. The monoisotopic (exact) mass is 395 g/mol. The molecular formula is C18H15Cl2NO5. The first-order chi connectivity index (χ1) is 12.5. The summed E-state index contributed by atoms with van der Waals surface area (Å²) in [7, 11) is 0. The van der Waals surface area contributed by atoms with Gasteiger partial charge in [0.2, 0.25) is 0 Å². The fourth-order valence-electron chi connectivity index (χ4n) is 2.31. The van der Waals surface area contributed by atoms with Gasteiger partial charge in [-0.1, -0.05) is 35.3 Å². The SMILES string of the molecule is C[C@@H](OC(=O)c1cc(Cl)c2c(c1)OCCO2)C(=O)Nc1ccccc1Cl. The van der Waals surface area contributed by atoms with E-state index in [-0.39, 0.29) is 10.6 Å². The van der Waals surface area contributed by atoms with Crippen LogP contribution in [0.25, 0.3) is 0 Å². The molecule has 0 radical (unpaired) electrons. The van der Waals surface area contributed by atoms with Crippen LogP contribution in [0.5, 0.6) is 11.5 Å². The average Bonchev–Trinajstić information content (AvgIpc) is 2.63. The van der Waals surface area contributed by atoms with Gasteiger partial charge in [0.15, 0.2) is 17.6 Å². The van der Waals surface area contributed by atoms with Crippen LogP contribution in [0.15, 0.2) is 36.4 Å². The number of benzene rings is 2. The molecule has 0 unspecified atom stereocenters. The third-order valence-corrected chi connectivity index (χ3v) is 4.23. The maximum atomic E-state index is 12.3. The molecule has 0 saturated carbocycles. The molecule has 0 saturated heterocycles. The largest absolute Gasteiger partial charge is 0.486 e. The highest BCUT2D eigenvalue weighted by atomic mass is 35.5. The van der Waals surface area contributed by atoms with Gasteiger partial charge in [-0.15, -0.1) is 0 Å². The van der Waals surface area contributed by atoms with E-state index in [0.717, 1.165) is 0 Å². The van der Waals surface area contributed by atoms with Gasteiger partial charge >= 0.3 is 5.97 Å². The minimum atomic E-state index is -1.04. The highest BCUT2D eigenvalue weighted by molar-refractivity contribution is 6.33. The van der Waals surface area contributed by atoms with Gasteiger partial charge in [-0.05, 0) is 31.2 Å². The number of hydrogen-bond donors (Lipinski definition) is 1. The van der Waals surface area contributed by atoms with Crippen LogP contribution in [0.2, 0.25) is 10.0 Å². The summed E-state index contributed by atoms with van der Waals surface area (Å²) in [6.07, 6.45) is -1.04. The van der Waals surface area contributed by atoms with Gasteiger partial charge < -0.3 is 19.5 Å². The molecule has 6 nitrogen and oxygen atoms in total. The van der Waals surface area contributed by atoms with Crippen molar-refractivity contribution in [1.82, 2.24) is 0 Å². The number of carbonyl (C=O) groups is 2. The average molecular weight is 396 g/mol. The van der Waals surface area contributed by atoms with Crippen LogP contribution in [0.3, 0.4) is 0 Å². The summed E-state index contributed by atoms with van der Waals surface area (Å²) in [6.45, 7) is 2.21. The summed E-state index contributed by atoms with van der Waals surface area (Å²) in [5.74, 6) is -0.455. The Morgan fingerprint density at radius 2 is 1.85 bits per heavy atom. The molecule has 0 bridgehead atoms. The van der Waals surface area contributed by atoms with Crippen molar-refractivity contribution in [3.05, 3.63) is 52.0 Å². The Hall–Kier alpha value is -2.44. The molecule has 1 amide bonds. The number of ether oxygens (including phenoxy) is 3. The van der Waals surface area contributed by atoms with Gasteiger partial charge in [-0.25, -0.2) is 4.79 Å². The van der Waals surface area contributed by atoms with E-state index in [1.807, 2.05) is 0 Å². The molecule has 2 aromatic carbocycles. The molecule has 3 rings (SSSR count). The third kappa shape index (κ3) is 4.03. The Kier molecular flexibility index (Phi) is 5.54. The fraction of sp³-hybridized carbons (Fsp3) is 0.222. The summed E-state index contributed by atoms with van der Waals surface area (Å²) in [5, 5.41) is 3.23. The normalized spacial score (nSPS) is 13.7. The van der Waals surface area contributed by atoms with Crippen molar-refractivity contribution < 1.29 is 23.8 Å². The number of rotatable bonds is 4. The van der Waals surface area contributed by atoms with Gasteiger partial charge in [0.1, 0.15) is 13.2 Å². The van der Waals surface area contributed by atoms with E-state index < -0.39 is 18.0 Å². The van der Waals surface area contributed by atoms with Crippen molar-refractivity contribution in [3.8, 4) is 11.5 Å². The number of hydrogen-bond acceptors (Lipinski definition) is 5. The predicted octanol–water partition coefficient (Wildman–Crippen LogP) is 3.95. The van der Waals surface area contributed by atoms with E-state index in [9.17, 15) is 9.59 Å². The molecule has 136 valence electrons. The Morgan fingerprint density at radius 3 is 2.62 bits per heavy atom. The molecule has 0 spiro atoms. The lowest BCUT2D eigenvalue weighted by atomic mass is 10.2. The second kappa shape index (κ2) is 7.85. The maximum absolute atomic E-state index is 12.3. The van der Waals surface area contributed by atoms with Crippen molar-refractivity contribution in [3.63, 3.8) is 0 Å². The number of esters is 1. The molecule has 1 aliphatic heterocycles. The summed E-state index contributed by atoms with van der Waals surface area (Å²) in [5.41, 5.74) is 0.598. The summed E-state index contributed by atoms with van der Waals surface area (Å²) >= 11 is 12.1. The smallest absolute Gasteiger partial charge is 0.339 e. The van der Waals surface area contributed by atoms with Crippen LogP contribution in [0.1, 0.15) is 17.3 Å². The van der Waals surface area contributed by atoms with E-state index in [2.05, 4.69) is 5.32 Å². The zero-order valence-electron chi connectivity index (χ0n) is 13.8. The van der Waals surface area contributed by atoms with Crippen molar-refractivity contribution in [2.45, 2.75) is 13.0 Å². The minimum Gasteiger partial charge on any atom is -0.486 e. The van der Waals surface area contributed by atoms with Crippen LogP contribution in [-0.2, 0) is 9.53 Å². The lowest BCUT2D eigenvalue weighted by Gasteiger charge is -2.20. The van der Waals surface area contributed by atoms with E-state index >= 15 is 0 Å². The van der Waals surface area contributed by atoms with E-state index in [0.29, 0.717) is 35.4 Å². The molecule has 0 aliphatic carbocycles. The van der Waals surface area contributed by atoms with Crippen molar-refractivity contribution in [1.29, 1.82) is 0 Å². The number of anilines is 1. The van der Waals surface area contributed by atoms with Crippen molar-refractivity contribution >= 4 is 40.8 Å². The molecule has 1 aliphatic rings. The third-order valence-electron chi connectivity index (χ3n) is 3.62. The molecule has 26 heavy (non-hydrogen) atoms. The van der Waals surface area contributed by atoms with Crippen molar-refractivity contribution in [2.75, 3.05) is 18.5 Å². The standard InChI is InChI=1S/C18H15Cl2NO5/c1-10(17(22)21-14-5-3-2-4-12(14)19)26-18(23)11-8-13(20)16-15(9-11)24-6-7-25-16/h2-5,8-10H,6-7H2,1H3,(H,21,22)/t10-/m1/s1. The lowest BCUT2D eigenvalue weighted by Crippen LogP contribution is -2.30. The van der Waals surface area contributed by atoms with E-state index in [1.165, 1.54) is 19.1 Å². The minimum absolute atomic E-state index is 0.164. The molecule has 2 aromatic rings. The number of halogens is 2. The molecule has 1 N–H and O–H groups in total.